The monoisotopic (exact) mass is 471 g/mol. The van der Waals surface area contributed by atoms with Crippen LogP contribution in [0.5, 0.6) is 17.4 Å². The Kier molecular flexibility index (Phi) is 5.25. The second-order valence-corrected chi connectivity index (χ2v) is 7.76. The molecule has 0 amide bonds. The predicted molar refractivity (Wildman–Crippen MR) is 111 cm³/mol. The van der Waals surface area contributed by atoms with Crippen LogP contribution in [0.1, 0.15) is 11.1 Å². The number of nitrogens with zero attached hydrogens (tertiary/aromatic N) is 3. The summed E-state index contributed by atoms with van der Waals surface area (Å²) in [5.41, 5.74) is 1.01. The van der Waals surface area contributed by atoms with E-state index in [0.29, 0.717) is 22.3 Å². The van der Waals surface area contributed by atoms with Gasteiger partial charge in [-0.3, -0.25) is 0 Å². The van der Waals surface area contributed by atoms with E-state index in [-0.39, 0.29) is 23.5 Å². The van der Waals surface area contributed by atoms with Crippen molar-refractivity contribution in [3.8, 4) is 17.4 Å². The van der Waals surface area contributed by atoms with Crippen molar-refractivity contribution >= 4 is 33.2 Å². The van der Waals surface area contributed by atoms with Gasteiger partial charge in [0.1, 0.15) is 23.6 Å². The van der Waals surface area contributed by atoms with Gasteiger partial charge < -0.3 is 9.84 Å². The minimum absolute atomic E-state index is 0.130. The van der Waals surface area contributed by atoms with Gasteiger partial charge in [-0.2, -0.15) is 4.40 Å². The minimum Gasteiger partial charge on any atom is -0.842 e. The van der Waals surface area contributed by atoms with Gasteiger partial charge in [-0.25, -0.2) is 14.3 Å². The molecule has 0 saturated heterocycles. The molecule has 0 aliphatic rings. The maximum absolute atomic E-state index is 12.8. The van der Waals surface area contributed by atoms with E-state index in [1.165, 1.54) is 15.9 Å². The third-order valence-corrected chi connectivity index (χ3v) is 5.21. The molecule has 4 rings (SSSR count). The van der Waals surface area contributed by atoms with Gasteiger partial charge in [0, 0.05) is 22.3 Å². The summed E-state index contributed by atoms with van der Waals surface area (Å²) in [5.74, 6) is 0.782. The summed E-state index contributed by atoms with van der Waals surface area (Å²) in [6.45, 7) is 1.79. The lowest BCUT2D eigenvalue weighted by atomic mass is 10.2. The molecular weight excluding hydrogens is 458 g/mol. The molecule has 0 bridgehead atoms. The van der Waals surface area contributed by atoms with E-state index < -0.39 is 0 Å². The molecule has 0 N–H and O–H groups in total. The van der Waals surface area contributed by atoms with E-state index in [2.05, 4.69) is 20.9 Å². The van der Waals surface area contributed by atoms with Gasteiger partial charge in [0.2, 0.25) is 0 Å². The van der Waals surface area contributed by atoms with Crippen LogP contribution < -0.4 is 20.0 Å². The largest absolute Gasteiger partial charge is 0.842 e. The number of ether oxygens (including phenoxy) is 1. The molecule has 8 heteroatoms. The van der Waals surface area contributed by atoms with Crippen molar-refractivity contribution in [2.75, 3.05) is 0 Å². The second-order valence-electron chi connectivity index (χ2n) is 6.46. The number of pyridine rings is 2. The minimum atomic E-state index is -0.378. The summed E-state index contributed by atoms with van der Waals surface area (Å²) in [6.07, 6.45) is 3.19. The normalized spacial score (nSPS) is 11.0. The Balaban J connectivity index is 1.79. The van der Waals surface area contributed by atoms with Crippen LogP contribution in [-0.2, 0) is 6.54 Å². The molecule has 3 heterocycles. The highest BCUT2D eigenvalue weighted by atomic mass is 79.9. The molecule has 0 fully saturated rings. The van der Waals surface area contributed by atoms with Crippen molar-refractivity contribution in [2.24, 2.45) is 0 Å². The smallest absolute Gasteiger partial charge is 0.344 e. The van der Waals surface area contributed by atoms with Crippen LogP contribution in [0.2, 0.25) is 5.15 Å². The standard InChI is InChI=1S/C21H15BrClN3O3/c1-13-20(27)25(11-14-2-8-18(23)24-10-14)19-9-7-17(12-26(19)21(13)28)29-16-5-3-15(22)4-6-16/h2-10,12H,11H2,1H3. The molecule has 0 unspecified atom stereocenters. The average Bonchev–Trinajstić information content (AvgIpc) is 2.73. The summed E-state index contributed by atoms with van der Waals surface area (Å²) in [4.78, 5) is 16.8. The van der Waals surface area contributed by atoms with E-state index >= 15 is 0 Å². The third-order valence-electron chi connectivity index (χ3n) is 4.46. The van der Waals surface area contributed by atoms with Gasteiger partial charge in [0.25, 0.3) is 5.65 Å². The fourth-order valence-corrected chi connectivity index (χ4v) is 3.35. The zero-order valence-electron chi connectivity index (χ0n) is 15.3. The number of halogens is 2. The van der Waals surface area contributed by atoms with Crippen LogP contribution in [0.3, 0.4) is 0 Å². The van der Waals surface area contributed by atoms with E-state index in [9.17, 15) is 9.90 Å². The first-order chi connectivity index (χ1) is 13.9. The first-order valence-corrected chi connectivity index (χ1v) is 9.89. The number of aromatic nitrogens is 3. The lowest BCUT2D eigenvalue weighted by Gasteiger charge is -2.15. The van der Waals surface area contributed by atoms with Crippen molar-refractivity contribution in [1.82, 2.24) is 9.38 Å². The summed E-state index contributed by atoms with van der Waals surface area (Å²) < 4.78 is 9.74. The summed E-state index contributed by atoms with van der Waals surface area (Å²) >= 11 is 9.22. The van der Waals surface area contributed by atoms with Gasteiger partial charge in [-0.15, -0.1) is 0 Å². The van der Waals surface area contributed by atoms with E-state index in [0.717, 1.165) is 10.0 Å². The topological polar surface area (TPSA) is 70.5 Å². The van der Waals surface area contributed by atoms with Gasteiger partial charge in [-0.1, -0.05) is 33.6 Å². The highest BCUT2D eigenvalue weighted by Gasteiger charge is 2.18. The Morgan fingerprint density at radius 1 is 1.14 bits per heavy atom. The Hall–Kier alpha value is -2.90. The molecule has 29 heavy (non-hydrogen) atoms. The fourth-order valence-electron chi connectivity index (χ4n) is 2.97. The molecule has 0 spiro atoms. The maximum Gasteiger partial charge on any atom is 0.344 e. The summed E-state index contributed by atoms with van der Waals surface area (Å²) in [5, 5.41) is 13.1. The van der Waals surface area contributed by atoms with Crippen LogP contribution in [0.25, 0.3) is 5.65 Å². The van der Waals surface area contributed by atoms with Crippen LogP contribution in [0.4, 0.5) is 0 Å². The van der Waals surface area contributed by atoms with E-state index in [1.807, 2.05) is 24.3 Å². The number of benzene rings is 1. The molecule has 0 aliphatic heterocycles. The zero-order valence-corrected chi connectivity index (χ0v) is 17.6. The molecule has 0 radical (unpaired) electrons. The molecule has 146 valence electrons. The van der Waals surface area contributed by atoms with E-state index in [1.54, 1.807) is 36.7 Å². The van der Waals surface area contributed by atoms with Crippen LogP contribution in [-0.4, -0.2) is 9.38 Å². The first-order valence-electron chi connectivity index (χ1n) is 8.72. The van der Waals surface area contributed by atoms with Crippen molar-refractivity contribution in [2.45, 2.75) is 13.5 Å². The van der Waals surface area contributed by atoms with Gasteiger partial charge in [0.15, 0.2) is 5.75 Å². The number of hydrogen-bond donors (Lipinski definition) is 0. The predicted octanol–water partition coefficient (Wildman–Crippen LogP) is 3.62. The van der Waals surface area contributed by atoms with E-state index in [4.69, 9.17) is 16.3 Å². The number of fused-ring (bicyclic) bond motifs is 1. The van der Waals surface area contributed by atoms with Crippen molar-refractivity contribution < 1.29 is 14.4 Å². The lowest BCUT2D eigenvalue weighted by Crippen LogP contribution is -2.44. The maximum atomic E-state index is 12.8. The van der Waals surface area contributed by atoms with Crippen LogP contribution in [0, 0.1) is 6.92 Å². The third kappa shape index (κ3) is 3.97. The highest BCUT2D eigenvalue weighted by molar-refractivity contribution is 9.10. The summed E-state index contributed by atoms with van der Waals surface area (Å²) in [7, 11) is 0. The van der Waals surface area contributed by atoms with Gasteiger partial charge >= 0.3 is 5.56 Å². The molecular formula is C21H15BrClN3O3. The summed E-state index contributed by atoms with van der Waals surface area (Å²) in [6, 6.07) is 14.2. The second kappa shape index (κ2) is 7.85. The Bertz CT molecular complexity index is 1260. The molecule has 0 aliphatic carbocycles. The van der Waals surface area contributed by atoms with Gasteiger partial charge in [-0.05, 0) is 43.3 Å². The zero-order chi connectivity index (χ0) is 20.5. The van der Waals surface area contributed by atoms with Crippen molar-refractivity contribution in [3.05, 3.63) is 92.0 Å². The number of hydrogen-bond acceptors (Lipinski definition) is 4. The molecule has 1 aromatic carbocycles. The Morgan fingerprint density at radius 2 is 1.86 bits per heavy atom. The molecule has 6 nitrogen and oxygen atoms in total. The fraction of sp³-hybridized carbons (Fsp3) is 0.0952. The van der Waals surface area contributed by atoms with Crippen molar-refractivity contribution in [3.63, 3.8) is 0 Å². The lowest BCUT2D eigenvalue weighted by molar-refractivity contribution is -0.709. The molecule has 0 atom stereocenters. The van der Waals surface area contributed by atoms with Crippen LogP contribution >= 0.6 is 27.5 Å². The molecule has 4 aromatic rings. The first kappa shape index (κ1) is 19.4. The molecule has 0 saturated carbocycles. The Labute approximate surface area is 179 Å². The van der Waals surface area contributed by atoms with Gasteiger partial charge in [0.05, 0.1) is 11.4 Å². The van der Waals surface area contributed by atoms with Crippen LogP contribution in [0.15, 0.2) is 70.2 Å². The quantitative estimate of drug-likeness (QED) is 0.336. The Morgan fingerprint density at radius 3 is 2.55 bits per heavy atom. The average molecular weight is 473 g/mol. The number of rotatable bonds is 4. The highest BCUT2D eigenvalue weighted by Crippen LogP contribution is 2.23. The molecule has 3 aromatic heterocycles. The van der Waals surface area contributed by atoms with Crippen molar-refractivity contribution in [1.29, 1.82) is 0 Å². The SMILES string of the molecule is Cc1c([O-])[n+](Cc2ccc(Cl)nc2)c2ccc(Oc3ccc(Br)cc3)cn2c1=O.